The highest BCUT2D eigenvalue weighted by molar-refractivity contribution is 7.91. The van der Waals surface area contributed by atoms with Gasteiger partial charge in [-0.25, -0.2) is 13.2 Å². The van der Waals surface area contributed by atoms with Gasteiger partial charge in [0.2, 0.25) is 11.7 Å². The average molecular weight is 429 g/mol. The van der Waals surface area contributed by atoms with E-state index in [0.29, 0.717) is 11.0 Å². The van der Waals surface area contributed by atoms with E-state index in [1.165, 1.54) is 0 Å². The van der Waals surface area contributed by atoms with E-state index in [2.05, 4.69) is 5.32 Å². The second kappa shape index (κ2) is 9.13. The number of hydrogen-bond acceptors (Lipinski definition) is 6. The van der Waals surface area contributed by atoms with Gasteiger partial charge in [-0.3, -0.25) is 4.79 Å². The molecule has 0 fully saturated rings. The Bertz CT molecular complexity index is 1160. The molecule has 0 radical (unpaired) electrons. The van der Waals surface area contributed by atoms with Gasteiger partial charge in [-0.2, -0.15) is 0 Å². The Labute approximate surface area is 174 Å². The molecule has 3 aromatic rings. The molecule has 1 amide bonds. The molecule has 2 aromatic carbocycles. The van der Waals surface area contributed by atoms with Crippen molar-refractivity contribution in [2.45, 2.75) is 31.6 Å². The first-order chi connectivity index (χ1) is 14.3. The molecule has 0 spiro atoms. The van der Waals surface area contributed by atoms with E-state index in [9.17, 15) is 18.0 Å². The third kappa shape index (κ3) is 4.88. The smallest absolute Gasteiger partial charge is 0.376 e. The van der Waals surface area contributed by atoms with Crippen molar-refractivity contribution in [3.8, 4) is 0 Å². The number of benzene rings is 2. The third-order valence-electron chi connectivity index (χ3n) is 4.52. The maximum absolute atomic E-state index is 12.5. The third-order valence-corrected chi connectivity index (χ3v) is 6.33. The molecule has 0 unspecified atom stereocenters. The molecule has 0 aliphatic heterocycles. The molecule has 158 valence electrons. The molecule has 3 rings (SSSR count). The Morgan fingerprint density at radius 2 is 1.77 bits per heavy atom. The molecule has 0 atom stereocenters. The summed E-state index contributed by atoms with van der Waals surface area (Å²) in [5.74, 6) is -1.32. The Morgan fingerprint density at radius 3 is 2.47 bits per heavy atom. The minimum absolute atomic E-state index is 0.0210. The summed E-state index contributed by atoms with van der Waals surface area (Å²) >= 11 is 0. The first-order valence-corrected chi connectivity index (χ1v) is 11.2. The second-order valence-corrected chi connectivity index (χ2v) is 8.92. The normalized spacial score (nSPS) is 11.4. The summed E-state index contributed by atoms with van der Waals surface area (Å²) in [5.41, 5.74) is 1.64. The molecule has 7 nitrogen and oxygen atoms in total. The number of sulfone groups is 1. The fourth-order valence-electron chi connectivity index (χ4n) is 3.00. The highest BCUT2D eigenvalue weighted by atomic mass is 32.2. The van der Waals surface area contributed by atoms with Crippen LogP contribution in [0.25, 0.3) is 11.0 Å². The van der Waals surface area contributed by atoms with Crippen LogP contribution in [0.1, 0.15) is 35.9 Å². The fraction of sp³-hybridized carbons (Fsp3) is 0.273. The molecule has 0 aliphatic rings. The van der Waals surface area contributed by atoms with Crippen LogP contribution in [0.5, 0.6) is 0 Å². The lowest BCUT2D eigenvalue weighted by atomic mass is 10.2. The molecule has 30 heavy (non-hydrogen) atoms. The van der Waals surface area contributed by atoms with Crippen LogP contribution < -0.4 is 5.32 Å². The van der Waals surface area contributed by atoms with Gasteiger partial charge in [-0.15, -0.1) is 0 Å². The van der Waals surface area contributed by atoms with Gasteiger partial charge in [0.15, 0.2) is 9.84 Å². The molecule has 8 heteroatoms. The number of carbonyl (C=O) groups excluding carboxylic acids is 2. The van der Waals surface area contributed by atoms with Gasteiger partial charge in [0.25, 0.3) is 0 Å². The predicted octanol–water partition coefficient (Wildman–Crippen LogP) is 4.11. The zero-order chi connectivity index (χ0) is 21.7. The maximum Gasteiger partial charge on any atom is 0.376 e. The number of fused-ring (bicyclic) bond motifs is 1. The maximum atomic E-state index is 12.5. The van der Waals surface area contributed by atoms with Crippen molar-refractivity contribution in [1.29, 1.82) is 0 Å². The number of esters is 1. The van der Waals surface area contributed by atoms with Crippen LogP contribution in [-0.2, 0) is 19.4 Å². The highest BCUT2D eigenvalue weighted by Crippen LogP contribution is 2.31. The van der Waals surface area contributed by atoms with Crippen molar-refractivity contribution in [3.63, 3.8) is 0 Å². The van der Waals surface area contributed by atoms with Gasteiger partial charge in [0.1, 0.15) is 11.3 Å². The number of hydrogen-bond donors (Lipinski definition) is 1. The van der Waals surface area contributed by atoms with E-state index in [4.69, 9.17) is 9.15 Å². The molecule has 0 aliphatic carbocycles. The molecule has 1 N–H and O–H groups in total. The molecular weight excluding hydrogens is 406 g/mol. The Balaban J connectivity index is 1.69. The number of amides is 1. The van der Waals surface area contributed by atoms with E-state index in [0.717, 1.165) is 5.56 Å². The van der Waals surface area contributed by atoms with E-state index >= 15 is 0 Å². The number of para-hydroxylation sites is 1. The molecular formula is C22H23NO6S. The molecule has 1 aromatic heterocycles. The van der Waals surface area contributed by atoms with Crippen LogP contribution in [-0.4, -0.2) is 32.7 Å². The van der Waals surface area contributed by atoms with Crippen molar-refractivity contribution in [1.82, 2.24) is 0 Å². The number of nitrogens with one attached hydrogen (secondary N) is 1. The van der Waals surface area contributed by atoms with Gasteiger partial charge in [-0.05, 0) is 44.5 Å². The second-order valence-electron chi connectivity index (χ2n) is 6.81. The van der Waals surface area contributed by atoms with Crippen LogP contribution in [0.4, 0.5) is 5.69 Å². The van der Waals surface area contributed by atoms with Crippen molar-refractivity contribution >= 4 is 38.4 Å². The van der Waals surface area contributed by atoms with Crippen molar-refractivity contribution in [2.24, 2.45) is 0 Å². The van der Waals surface area contributed by atoms with Gasteiger partial charge in [0, 0.05) is 11.8 Å². The first kappa shape index (κ1) is 21.6. The molecule has 0 bridgehead atoms. The van der Waals surface area contributed by atoms with E-state index in [1.54, 1.807) is 55.5 Å². The minimum atomic E-state index is -3.47. The van der Waals surface area contributed by atoms with E-state index < -0.39 is 21.7 Å². The summed E-state index contributed by atoms with van der Waals surface area (Å²) in [6.45, 7) is 3.72. The summed E-state index contributed by atoms with van der Waals surface area (Å²) in [4.78, 5) is 24.9. The summed E-state index contributed by atoms with van der Waals surface area (Å²) < 4.78 is 35.4. The zero-order valence-electron chi connectivity index (χ0n) is 16.8. The van der Waals surface area contributed by atoms with Gasteiger partial charge >= 0.3 is 5.97 Å². The van der Waals surface area contributed by atoms with Gasteiger partial charge in [0.05, 0.1) is 17.3 Å². The van der Waals surface area contributed by atoms with Crippen LogP contribution in [0.15, 0.2) is 57.8 Å². The topological polar surface area (TPSA) is 103 Å². The number of ether oxygens (including phenoxy) is 1. The quantitative estimate of drug-likeness (QED) is 0.541. The van der Waals surface area contributed by atoms with Crippen molar-refractivity contribution in [2.75, 3.05) is 17.7 Å². The Kier molecular flexibility index (Phi) is 6.56. The summed E-state index contributed by atoms with van der Waals surface area (Å²) in [6, 6.07) is 13.5. The van der Waals surface area contributed by atoms with Crippen LogP contribution in [0.2, 0.25) is 0 Å². The van der Waals surface area contributed by atoms with E-state index in [1.807, 2.05) is 6.92 Å². The number of carbonyl (C=O) groups is 2. The van der Waals surface area contributed by atoms with Crippen LogP contribution in [0.3, 0.4) is 0 Å². The summed E-state index contributed by atoms with van der Waals surface area (Å²) in [7, 11) is -3.47. The first-order valence-electron chi connectivity index (χ1n) is 9.59. The van der Waals surface area contributed by atoms with Gasteiger partial charge in [-0.1, -0.05) is 29.8 Å². The number of aryl methyl sites for hydroxylation is 1. The predicted molar refractivity (Wildman–Crippen MR) is 113 cm³/mol. The zero-order valence-corrected chi connectivity index (χ0v) is 17.6. The monoisotopic (exact) mass is 429 g/mol. The summed E-state index contributed by atoms with van der Waals surface area (Å²) in [5, 5.41) is 3.25. The lowest BCUT2D eigenvalue weighted by Crippen LogP contribution is -2.16. The fourth-order valence-corrected chi connectivity index (χ4v) is 4.31. The SMILES string of the molecule is CCOC(=O)c1oc2ccccc2c1NC(=O)CCCS(=O)(=O)c1ccc(C)cc1. The number of anilines is 1. The largest absolute Gasteiger partial charge is 0.460 e. The van der Waals surface area contributed by atoms with Crippen LogP contribution in [0, 0.1) is 6.92 Å². The standard InChI is InChI=1S/C22H23NO6S/c1-3-28-22(25)21-20(17-7-4-5-8-18(17)29-21)23-19(24)9-6-14-30(26,27)16-12-10-15(2)11-13-16/h4-5,7-8,10-13H,3,6,9,14H2,1-2H3,(H,23,24). The van der Waals surface area contributed by atoms with Crippen LogP contribution >= 0.6 is 0 Å². The average Bonchev–Trinajstić information content (AvgIpc) is 3.07. The highest BCUT2D eigenvalue weighted by Gasteiger charge is 2.23. The number of rotatable bonds is 8. The molecule has 0 saturated heterocycles. The van der Waals surface area contributed by atoms with Crippen molar-refractivity contribution in [3.05, 3.63) is 59.9 Å². The Morgan fingerprint density at radius 1 is 1.07 bits per heavy atom. The minimum Gasteiger partial charge on any atom is -0.460 e. The van der Waals surface area contributed by atoms with Gasteiger partial charge < -0.3 is 14.5 Å². The molecule has 1 heterocycles. The summed E-state index contributed by atoms with van der Waals surface area (Å²) in [6.07, 6.45) is 0.124. The number of furan rings is 1. The Hall–Kier alpha value is -3.13. The lowest BCUT2D eigenvalue weighted by molar-refractivity contribution is -0.116. The van der Waals surface area contributed by atoms with E-state index in [-0.39, 0.29) is 41.5 Å². The van der Waals surface area contributed by atoms with Crippen molar-refractivity contribution < 1.29 is 27.2 Å². The lowest BCUT2D eigenvalue weighted by Gasteiger charge is -2.07. The molecule has 0 saturated carbocycles.